The molecule has 0 heterocycles. The number of benzene rings is 1. The van der Waals surface area contributed by atoms with Crippen LogP contribution in [0.1, 0.15) is 11.6 Å². The average Bonchev–Trinajstić information content (AvgIpc) is 2.08. The zero-order chi connectivity index (χ0) is 9.14. The van der Waals surface area contributed by atoms with Gasteiger partial charge >= 0.3 is 0 Å². The van der Waals surface area contributed by atoms with Crippen molar-refractivity contribution in [3.63, 3.8) is 0 Å². The van der Waals surface area contributed by atoms with Crippen LogP contribution >= 0.6 is 0 Å². The Morgan fingerprint density at radius 2 is 2.00 bits per heavy atom. The highest BCUT2D eigenvalue weighted by molar-refractivity contribution is 5.45. The second-order valence-electron chi connectivity index (χ2n) is 2.56. The minimum Gasteiger partial charge on any atom is -0.504 e. The number of phenols is 2. The van der Waals surface area contributed by atoms with Gasteiger partial charge in [0.15, 0.2) is 11.5 Å². The second-order valence-corrected chi connectivity index (χ2v) is 2.56. The van der Waals surface area contributed by atoms with Crippen LogP contribution in [0.15, 0.2) is 18.2 Å². The topological polar surface area (TPSA) is 92.5 Å². The van der Waals surface area contributed by atoms with E-state index < -0.39 is 6.04 Å². The van der Waals surface area contributed by atoms with Gasteiger partial charge in [0.05, 0.1) is 0 Å². The Kier molecular flexibility index (Phi) is 2.52. The maximum atomic E-state index is 9.31. The van der Waals surface area contributed by atoms with Crippen LogP contribution in [-0.4, -0.2) is 16.8 Å². The Hall–Kier alpha value is -1.26. The van der Waals surface area contributed by atoms with E-state index in [2.05, 4.69) is 0 Å². The zero-order valence-electron chi connectivity index (χ0n) is 6.57. The number of hydrogen-bond donors (Lipinski definition) is 4. The molecule has 1 aromatic carbocycles. The Bertz CT molecular complexity index is 276. The van der Waals surface area contributed by atoms with Crippen LogP contribution in [0.2, 0.25) is 0 Å². The lowest BCUT2D eigenvalue weighted by Gasteiger charge is -2.11. The van der Waals surface area contributed by atoms with Gasteiger partial charge in [-0.1, -0.05) is 12.1 Å². The van der Waals surface area contributed by atoms with Gasteiger partial charge in [0, 0.05) is 18.2 Å². The number of rotatable bonds is 2. The van der Waals surface area contributed by atoms with E-state index >= 15 is 0 Å². The molecule has 0 spiro atoms. The van der Waals surface area contributed by atoms with E-state index in [0.29, 0.717) is 5.56 Å². The summed E-state index contributed by atoms with van der Waals surface area (Å²) in [7, 11) is 0. The minimum absolute atomic E-state index is 0.170. The highest BCUT2D eigenvalue weighted by atomic mass is 16.3. The molecule has 1 rings (SSSR count). The van der Waals surface area contributed by atoms with Crippen LogP contribution in [0.3, 0.4) is 0 Å². The third-order valence-electron chi connectivity index (χ3n) is 1.70. The minimum atomic E-state index is -0.433. The predicted octanol–water partition coefficient (Wildman–Crippen LogP) is 0.0563. The largest absolute Gasteiger partial charge is 0.504 e. The van der Waals surface area contributed by atoms with E-state index in [9.17, 15) is 5.11 Å². The monoisotopic (exact) mass is 168 g/mol. The number of aromatic hydroxyl groups is 2. The second kappa shape index (κ2) is 3.42. The molecule has 1 aromatic rings. The first-order valence-electron chi connectivity index (χ1n) is 3.63. The van der Waals surface area contributed by atoms with Crippen molar-refractivity contribution >= 4 is 0 Å². The molecule has 0 saturated heterocycles. The molecule has 0 unspecified atom stereocenters. The van der Waals surface area contributed by atoms with E-state index in [4.69, 9.17) is 16.6 Å². The molecular formula is C8H12N2O2. The van der Waals surface area contributed by atoms with Crippen LogP contribution in [0.4, 0.5) is 0 Å². The third-order valence-corrected chi connectivity index (χ3v) is 1.70. The first-order valence-corrected chi connectivity index (χ1v) is 3.63. The van der Waals surface area contributed by atoms with Gasteiger partial charge in [0.1, 0.15) is 0 Å². The molecule has 4 nitrogen and oxygen atoms in total. The molecular weight excluding hydrogens is 156 g/mol. The lowest BCUT2D eigenvalue weighted by molar-refractivity contribution is 0.396. The summed E-state index contributed by atoms with van der Waals surface area (Å²) in [5, 5.41) is 18.4. The number of hydrogen-bond acceptors (Lipinski definition) is 4. The average molecular weight is 168 g/mol. The van der Waals surface area contributed by atoms with E-state index in [-0.39, 0.29) is 18.0 Å². The van der Waals surface area contributed by atoms with E-state index in [1.807, 2.05) is 0 Å². The molecule has 0 aliphatic rings. The molecule has 6 N–H and O–H groups in total. The van der Waals surface area contributed by atoms with Gasteiger partial charge in [-0.05, 0) is 6.07 Å². The van der Waals surface area contributed by atoms with Crippen molar-refractivity contribution < 1.29 is 10.2 Å². The van der Waals surface area contributed by atoms with Gasteiger partial charge in [-0.15, -0.1) is 0 Å². The Labute approximate surface area is 70.4 Å². The van der Waals surface area contributed by atoms with Gasteiger partial charge in [-0.25, -0.2) is 0 Å². The van der Waals surface area contributed by atoms with Crippen molar-refractivity contribution in [2.75, 3.05) is 6.54 Å². The van der Waals surface area contributed by atoms with Crippen LogP contribution in [-0.2, 0) is 0 Å². The van der Waals surface area contributed by atoms with Crippen molar-refractivity contribution in [3.05, 3.63) is 23.8 Å². The van der Waals surface area contributed by atoms with Crippen LogP contribution < -0.4 is 11.5 Å². The lowest BCUT2D eigenvalue weighted by atomic mass is 10.1. The third kappa shape index (κ3) is 1.49. The Morgan fingerprint density at radius 3 is 2.58 bits per heavy atom. The van der Waals surface area contributed by atoms with Crippen molar-refractivity contribution in [2.45, 2.75) is 6.04 Å². The van der Waals surface area contributed by atoms with Crippen molar-refractivity contribution in [2.24, 2.45) is 11.5 Å². The van der Waals surface area contributed by atoms with Gasteiger partial charge < -0.3 is 21.7 Å². The van der Waals surface area contributed by atoms with E-state index in [1.165, 1.54) is 6.07 Å². The van der Waals surface area contributed by atoms with Crippen molar-refractivity contribution in [1.82, 2.24) is 0 Å². The Balaban J connectivity index is 3.07. The normalized spacial score (nSPS) is 12.8. The molecule has 4 heteroatoms. The molecule has 0 amide bonds. The zero-order valence-corrected chi connectivity index (χ0v) is 6.57. The summed E-state index contributed by atoms with van der Waals surface area (Å²) in [5.41, 5.74) is 11.3. The van der Waals surface area contributed by atoms with Gasteiger partial charge in [-0.3, -0.25) is 0 Å². The summed E-state index contributed by atoms with van der Waals surface area (Å²) in [6.07, 6.45) is 0. The first-order chi connectivity index (χ1) is 5.66. The SMILES string of the molecule is NC[C@@H](N)c1cccc(O)c1O. The summed E-state index contributed by atoms with van der Waals surface area (Å²) < 4.78 is 0. The fraction of sp³-hybridized carbons (Fsp3) is 0.250. The molecule has 1 atom stereocenters. The lowest BCUT2D eigenvalue weighted by Crippen LogP contribution is -2.20. The Morgan fingerprint density at radius 1 is 1.33 bits per heavy atom. The van der Waals surface area contributed by atoms with E-state index in [0.717, 1.165) is 0 Å². The van der Waals surface area contributed by atoms with Crippen molar-refractivity contribution in [3.8, 4) is 11.5 Å². The summed E-state index contributed by atoms with van der Waals surface area (Å²) in [6.45, 7) is 0.233. The van der Waals surface area contributed by atoms with Gasteiger partial charge in [0.25, 0.3) is 0 Å². The highest BCUT2D eigenvalue weighted by Gasteiger charge is 2.11. The van der Waals surface area contributed by atoms with Crippen molar-refractivity contribution in [1.29, 1.82) is 0 Å². The first kappa shape index (κ1) is 8.83. The maximum absolute atomic E-state index is 9.31. The standard InChI is InChI=1S/C8H12N2O2/c9-4-6(10)5-2-1-3-7(11)8(5)12/h1-3,6,11-12H,4,9-10H2/t6-/m1/s1. The van der Waals surface area contributed by atoms with E-state index in [1.54, 1.807) is 12.1 Å². The number of para-hydroxylation sites is 1. The summed E-state index contributed by atoms with van der Waals surface area (Å²) in [6, 6.07) is 4.20. The molecule has 0 aromatic heterocycles. The highest BCUT2D eigenvalue weighted by Crippen LogP contribution is 2.30. The molecule has 0 aliphatic heterocycles. The van der Waals surface area contributed by atoms with Gasteiger partial charge in [-0.2, -0.15) is 0 Å². The summed E-state index contributed by atoms with van der Waals surface area (Å²) >= 11 is 0. The maximum Gasteiger partial charge on any atom is 0.162 e. The van der Waals surface area contributed by atoms with Crippen LogP contribution in [0.25, 0.3) is 0 Å². The quantitative estimate of drug-likeness (QED) is 0.470. The molecule has 0 saturated carbocycles. The fourth-order valence-corrected chi connectivity index (χ4v) is 0.975. The summed E-state index contributed by atoms with van der Waals surface area (Å²) in [4.78, 5) is 0. The number of phenolic OH excluding ortho intramolecular Hbond substituents is 2. The van der Waals surface area contributed by atoms with Gasteiger partial charge in [0.2, 0.25) is 0 Å². The predicted molar refractivity (Wildman–Crippen MR) is 45.8 cm³/mol. The molecule has 0 bridgehead atoms. The molecule has 0 radical (unpaired) electrons. The molecule has 12 heavy (non-hydrogen) atoms. The smallest absolute Gasteiger partial charge is 0.162 e. The summed E-state index contributed by atoms with van der Waals surface area (Å²) in [5.74, 6) is -0.355. The van der Waals surface area contributed by atoms with Crippen LogP contribution in [0, 0.1) is 0 Å². The number of nitrogens with two attached hydrogens (primary N) is 2. The molecule has 0 aliphatic carbocycles. The molecule has 0 fully saturated rings. The fourth-order valence-electron chi connectivity index (χ4n) is 0.975. The van der Waals surface area contributed by atoms with Crippen LogP contribution in [0.5, 0.6) is 11.5 Å². The molecule has 66 valence electrons.